The number of ether oxygens (including phenoxy) is 4. The molecule has 64 heavy (non-hydrogen) atoms. The lowest BCUT2D eigenvalue weighted by molar-refractivity contribution is -0.161. The molecule has 0 aliphatic rings. The number of hydrogen-bond acceptors (Lipinski definition) is 15. The molecular weight excluding hydrogens is 874 g/mol. The van der Waals surface area contributed by atoms with Crippen LogP contribution in [0, 0.1) is 13.8 Å². The highest BCUT2D eigenvalue weighted by Gasteiger charge is 2.30. The smallest absolute Gasteiger partial charge is 0.462 e. The first-order valence-electron chi connectivity index (χ1n) is 23.9. The minimum atomic E-state index is -4.92. The van der Waals surface area contributed by atoms with Gasteiger partial charge in [-0.2, -0.15) is 12.8 Å². The average molecular weight is 959 g/mol. The number of carbonyl (C=O) groups is 4. The monoisotopic (exact) mass is 959 g/mol. The zero-order valence-corrected chi connectivity index (χ0v) is 40.9. The number of phosphoric ester groups is 2. The van der Waals surface area contributed by atoms with Crippen molar-refractivity contribution >= 4 is 39.5 Å². The van der Waals surface area contributed by atoms with Gasteiger partial charge in [0.15, 0.2) is 12.2 Å². The van der Waals surface area contributed by atoms with Crippen molar-refractivity contribution in [2.24, 2.45) is 0 Å². The van der Waals surface area contributed by atoms with Gasteiger partial charge >= 0.3 is 39.5 Å². The van der Waals surface area contributed by atoms with Crippen LogP contribution in [0.15, 0.2) is 0 Å². The quantitative estimate of drug-likeness (QED) is 0.0169. The molecule has 3 N–H and O–H groups in total. The Balaban J connectivity index is 5.14. The van der Waals surface area contributed by atoms with E-state index < -0.39 is 97.5 Å². The Bertz CT molecular complexity index is 1190. The third kappa shape index (κ3) is 40.3. The molecule has 0 aliphatic heterocycles. The Hall–Kier alpha value is -1.94. The van der Waals surface area contributed by atoms with Crippen molar-refractivity contribution in [2.75, 3.05) is 39.6 Å². The van der Waals surface area contributed by atoms with E-state index in [-0.39, 0.29) is 25.7 Å². The second-order valence-electron chi connectivity index (χ2n) is 16.1. The number of rotatable bonds is 46. The highest BCUT2D eigenvalue weighted by Crippen LogP contribution is 2.45. The standard InChI is InChI=1S/C45H84O17P2/c1-5-9-13-17-21-25-29-42(47)55-35-40(61-44(49)31-27-23-19-15-11-7-3)37-59-63(51,52)57-33-39(46)34-58-64(53,54)60-38-41(62-45(50)32-28-24-20-16-12-8-4)36-56-43(48)30-26-22-18-14-10-6-2/h39-41,46H,1,3,5-38H2,2,4H3,(H,51,52)(H,53,54)/q-2/t39-,40-,41-/m1/s1. The molecule has 0 saturated heterocycles. The molecule has 0 saturated carbocycles. The maximum atomic E-state index is 12.7. The van der Waals surface area contributed by atoms with E-state index in [1.165, 1.54) is 0 Å². The maximum Gasteiger partial charge on any atom is 0.472 e. The Morgan fingerprint density at radius 2 is 0.703 bits per heavy atom. The van der Waals surface area contributed by atoms with Crippen LogP contribution in [0.3, 0.4) is 0 Å². The highest BCUT2D eigenvalue weighted by atomic mass is 31.2. The van der Waals surface area contributed by atoms with Gasteiger partial charge in [0.2, 0.25) is 0 Å². The van der Waals surface area contributed by atoms with Gasteiger partial charge in [-0.25, -0.2) is 9.13 Å². The number of phosphoric acid groups is 2. The first kappa shape index (κ1) is 62.1. The zero-order chi connectivity index (χ0) is 47.7. The summed E-state index contributed by atoms with van der Waals surface area (Å²) in [5.74, 6) is -2.23. The molecule has 0 aliphatic carbocycles. The lowest BCUT2D eigenvalue weighted by Crippen LogP contribution is -2.30. The summed E-state index contributed by atoms with van der Waals surface area (Å²) in [5, 5.41) is 10.3. The molecule has 0 aromatic rings. The van der Waals surface area contributed by atoms with Crippen LogP contribution in [0.1, 0.15) is 194 Å². The Kier molecular flexibility index (Phi) is 40.0. The molecule has 0 aromatic carbocycles. The molecule has 2 unspecified atom stereocenters. The van der Waals surface area contributed by atoms with E-state index in [2.05, 4.69) is 27.7 Å². The second kappa shape index (κ2) is 41.3. The second-order valence-corrected chi connectivity index (χ2v) is 19.0. The molecular formula is C45H84O17P2-2. The number of aliphatic hydroxyl groups excluding tert-OH is 1. The molecule has 0 amide bonds. The van der Waals surface area contributed by atoms with Crippen LogP contribution in [0.5, 0.6) is 0 Å². The zero-order valence-electron chi connectivity index (χ0n) is 39.1. The summed E-state index contributed by atoms with van der Waals surface area (Å²) in [4.78, 5) is 70.5. The van der Waals surface area contributed by atoms with E-state index in [1.54, 1.807) is 0 Å². The van der Waals surface area contributed by atoms with Crippen LogP contribution in [0.25, 0.3) is 0 Å². The molecule has 378 valence electrons. The molecule has 5 atom stereocenters. The summed E-state index contributed by atoms with van der Waals surface area (Å²) in [7, 11) is -9.83. The fourth-order valence-corrected chi connectivity index (χ4v) is 7.71. The van der Waals surface area contributed by atoms with Gasteiger partial charge in [0.05, 0.1) is 26.4 Å². The first-order valence-corrected chi connectivity index (χ1v) is 26.9. The number of esters is 4. The average Bonchev–Trinajstić information content (AvgIpc) is 3.26. The molecule has 19 heteroatoms. The number of hydrogen-bond donors (Lipinski definition) is 3. The van der Waals surface area contributed by atoms with Crippen LogP contribution < -0.4 is 0 Å². The van der Waals surface area contributed by atoms with E-state index in [4.69, 9.17) is 37.0 Å². The molecule has 0 fully saturated rings. The lowest BCUT2D eigenvalue weighted by Gasteiger charge is -2.21. The summed E-state index contributed by atoms with van der Waals surface area (Å²) in [6.45, 7) is 7.83. The first-order chi connectivity index (χ1) is 30.7. The van der Waals surface area contributed by atoms with Gasteiger partial charge < -0.3 is 47.7 Å². The molecule has 0 radical (unpaired) electrons. The minimum Gasteiger partial charge on any atom is -0.462 e. The summed E-state index contributed by atoms with van der Waals surface area (Å²) < 4.78 is 66.5. The van der Waals surface area contributed by atoms with Gasteiger partial charge in [-0.1, -0.05) is 129 Å². The van der Waals surface area contributed by atoms with E-state index in [0.29, 0.717) is 25.7 Å². The summed E-state index contributed by atoms with van der Waals surface area (Å²) in [6, 6.07) is 0. The van der Waals surface area contributed by atoms with Crippen LogP contribution in [-0.4, -0.2) is 96.7 Å². The highest BCUT2D eigenvalue weighted by molar-refractivity contribution is 7.47. The van der Waals surface area contributed by atoms with Gasteiger partial charge in [0, 0.05) is 25.7 Å². The van der Waals surface area contributed by atoms with Crippen LogP contribution in [0.4, 0.5) is 0 Å². The lowest BCUT2D eigenvalue weighted by atomic mass is 10.1. The van der Waals surface area contributed by atoms with Gasteiger partial charge in [0.25, 0.3) is 0 Å². The largest absolute Gasteiger partial charge is 0.472 e. The normalized spacial score (nSPS) is 14.8. The number of unbranched alkanes of at least 4 members (excludes halogenated alkanes) is 20. The van der Waals surface area contributed by atoms with Crippen molar-refractivity contribution in [3.63, 3.8) is 0 Å². The maximum absolute atomic E-state index is 12.7. The number of carbonyl (C=O) groups excluding carboxylic acids is 4. The molecule has 0 rings (SSSR count). The fraction of sp³-hybridized carbons (Fsp3) is 0.867. The van der Waals surface area contributed by atoms with E-state index in [0.717, 1.165) is 128 Å². The Morgan fingerprint density at radius 3 is 1.03 bits per heavy atom. The predicted molar refractivity (Wildman–Crippen MR) is 242 cm³/mol. The van der Waals surface area contributed by atoms with Crippen molar-refractivity contribution in [1.29, 1.82) is 0 Å². The van der Waals surface area contributed by atoms with Gasteiger partial charge in [-0.3, -0.25) is 37.3 Å². The Morgan fingerprint density at radius 1 is 0.422 bits per heavy atom. The van der Waals surface area contributed by atoms with Gasteiger partial charge in [-0.05, 0) is 25.7 Å². The van der Waals surface area contributed by atoms with E-state index in [9.17, 15) is 43.2 Å². The van der Waals surface area contributed by atoms with Crippen molar-refractivity contribution in [3.8, 4) is 0 Å². The summed E-state index contributed by atoms with van der Waals surface area (Å²) in [5.41, 5.74) is 0. The van der Waals surface area contributed by atoms with Crippen LogP contribution in [-0.2, 0) is 65.4 Å². The molecule has 0 bridgehead atoms. The van der Waals surface area contributed by atoms with Crippen molar-refractivity contribution in [2.45, 2.75) is 212 Å². The van der Waals surface area contributed by atoms with E-state index >= 15 is 0 Å². The number of aliphatic hydroxyl groups is 1. The Labute approximate surface area is 384 Å². The van der Waals surface area contributed by atoms with Crippen molar-refractivity contribution in [1.82, 2.24) is 0 Å². The topological polar surface area (TPSA) is 237 Å². The fourth-order valence-electron chi connectivity index (χ4n) is 6.13. The van der Waals surface area contributed by atoms with Crippen molar-refractivity contribution < 1.29 is 80.2 Å². The molecule has 17 nitrogen and oxygen atoms in total. The van der Waals surface area contributed by atoms with Crippen LogP contribution >= 0.6 is 15.6 Å². The summed E-state index contributed by atoms with van der Waals surface area (Å²) in [6.07, 6.45) is 18.2. The third-order valence-corrected chi connectivity index (χ3v) is 11.8. The third-order valence-electron chi connectivity index (χ3n) is 9.89. The van der Waals surface area contributed by atoms with Crippen molar-refractivity contribution in [3.05, 3.63) is 13.8 Å². The molecule has 0 aromatic heterocycles. The summed E-state index contributed by atoms with van der Waals surface area (Å²) >= 11 is 0. The van der Waals surface area contributed by atoms with Gasteiger partial charge in [0.1, 0.15) is 19.3 Å². The van der Waals surface area contributed by atoms with Gasteiger partial charge in [-0.15, -0.1) is 0 Å². The molecule has 0 spiro atoms. The predicted octanol–water partition coefficient (Wildman–Crippen LogP) is 10.2. The SMILES string of the molecule is [CH2-]CCCCCCCC(=O)OC[C@H](COP(=O)(O)OC[C@@H](O)COP(=O)(O)OC[C@@H](COC(=O)CCCCCCCC)OC(=O)CCCCCCCC)OC(=O)CCCCCCC[CH2-]. The van der Waals surface area contributed by atoms with Crippen LogP contribution in [0.2, 0.25) is 0 Å². The van der Waals surface area contributed by atoms with E-state index in [1.807, 2.05) is 0 Å². The molecule has 0 heterocycles. The minimum absolute atomic E-state index is 0.0812.